The summed E-state index contributed by atoms with van der Waals surface area (Å²) in [7, 11) is 0. The summed E-state index contributed by atoms with van der Waals surface area (Å²) in [5.41, 5.74) is 4.95. The number of nitrogens with two attached hydrogens (primary N) is 1. The normalized spacial score (nSPS) is 22.1. The van der Waals surface area contributed by atoms with Gasteiger partial charge in [0.05, 0.1) is 5.02 Å². The smallest absolute Gasteiger partial charge is 0.333 e. The highest BCUT2D eigenvalue weighted by Gasteiger charge is 2.37. The van der Waals surface area contributed by atoms with E-state index in [0.717, 1.165) is 60.7 Å². The lowest BCUT2D eigenvalue weighted by Crippen LogP contribution is -2.31. The highest BCUT2D eigenvalue weighted by Crippen LogP contribution is 2.48. The average Bonchev–Trinajstić information content (AvgIpc) is 1.75. The molecule has 13 rings (SSSR count). The van der Waals surface area contributed by atoms with E-state index in [1.54, 1.807) is 12.1 Å². The molecule has 428 valence electrons. The van der Waals surface area contributed by atoms with Crippen LogP contribution in [0, 0.1) is 0 Å². The molecule has 7 aromatic carbocycles. The number of hydrogen-bond donors (Lipinski definition) is 15. The molecule has 0 aromatic heterocycles. The Balaban J connectivity index is 1.22. The fraction of sp³-hybridized carbons (Fsp3) is 0.155. The van der Waals surface area contributed by atoms with Crippen molar-refractivity contribution >= 4 is 53.0 Å². The van der Waals surface area contributed by atoms with Crippen LogP contribution < -0.4 is 19.9 Å². The number of carbonyl (C=O) groups is 1. The van der Waals surface area contributed by atoms with Gasteiger partial charge in [-0.3, -0.25) is 0 Å². The molecule has 16 N–H and O–H groups in total. The number of fused-ring (bicyclic) bond motifs is 12. The predicted octanol–water partition coefficient (Wildman–Crippen LogP) is 9.37. The Labute approximate surface area is 477 Å². The van der Waals surface area contributed by atoms with Gasteiger partial charge >= 0.3 is 5.97 Å². The predicted molar refractivity (Wildman–Crippen MR) is 301 cm³/mol. The molecule has 84 heavy (non-hydrogen) atoms. The molecular formula is C58H46ClN7O18. The van der Waals surface area contributed by atoms with Crippen LogP contribution in [0.15, 0.2) is 151 Å². The van der Waals surface area contributed by atoms with Crippen LogP contribution >= 0.6 is 11.6 Å². The lowest BCUT2D eigenvalue weighted by atomic mass is 9.90. The second-order valence-electron chi connectivity index (χ2n) is 19.7. The number of benzene rings is 7. The number of ether oxygens (including phenoxy) is 3. The second-order valence-corrected chi connectivity index (χ2v) is 20.1. The van der Waals surface area contributed by atoms with Gasteiger partial charge in [0.2, 0.25) is 41.1 Å². The maximum absolute atomic E-state index is 13.1. The van der Waals surface area contributed by atoms with Gasteiger partial charge in [-0.25, -0.2) is 34.7 Å². The third-order valence-electron chi connectivity index (χ3n) is 14.0. The first kappa shape index (κ1) is 55.2. The Hall–Kier alpha value is -10.8. The number of hydrogen-bond acceptors (Lipinski definition) is 18. The van der Waals surface area contributed by atoms with Crippen molar-refractivity contribution in [3.63, 3.8) is 0 Å². The van der Waals surface area contributed by atoms with Gasteiger partial charge in [-0.05, 0) is 112 Å². The summed E-state index contributed by atoms with van der Waals surface area (Å²) in [4.78, 5) is 39.0. The van der Waals surface area contributed by atoms with Crippen molar-refractivity contribution < 1.29 is 90.5 Å². The minimum absolute atomic E-state index is 0.0715. The van der Waals surface area contributed by atoms with Gasteiger partial charge in [0, 0.05) is 35.2 Å². The van der Waals surface area contributed by atoms with Crippen molar-refractivity contribution in [1.29, 1.82) is 0 Å². The zero-order valence-corrected chi connectivity index (χ0v) is 43.7. The van der Waals surface area contributed by atoms with Crippen LogP contribution in [0.25, 0.3) is 11.1 Å². The summed E-state index contributed by atoms with van der Waals surface area (Å²) >= 11 is 6.82. The highest BCUT2D eigenvalue weighted by molar-refractivity contribution is 6.32. The summed E-state index contributed by atoms with van der Waals surface area (Å²) in [6, 6.07) is 11.0. The van der Waals surface area contributed by atoms with E-state index in [0.29, 0.717) is 5.56 Å². The van der Waals surface area contributed by atoms with Crippen molar-refractivity contribution in [3.8, 4) is 80.1 Å². The molecular weight excluding hydrogens is 1120 g/mol. The van der Waals surface area contributed by atoms with E-state index in [4.69, 9.17) is 31.5 Å². The number of carboxylic acids is 1. The van der Waals surface area contributed by atoms with E-state index in [2.05, 4.69) is 30.0 Å². The third-order valence-corrected chi connectivity index (χ3v) is 14.3. The standard InChI is InChI=1S/C58H46ClN7O18/c59-34-15-25-5-10-39(34)84-42-18-27-17-41(51(42)73)82-30-6-1-22(2-7-30)11-35-52(74)62-46(26-12-28(67)19-31(13-26)83-40-16-23(3-9-37(40)70)44(60)53(75)61-35)55(77)64-47(27)56(78)63-45-24-4-8-36(69)32(14-24)43-33(20-29(68)21-38(43)71)48(58(80)81)65-57(79)49(50(25)72)66-54(45)76/h1-10,12-21,35,44-50,67-73H,11,60H2,(H,61,75)(H,62,74)(H,63,78)(H,64,77)(H,65,79)(H,66,76)(H,80,81). The van der Waals surface area contributed by atoms with E-state index >= 15 is 0 Å². The van der Waals surface area contributed by atoms with Gasteiger partial charge < -0.3 is 91.4 Å². The summed E-state index contributed by atoms with van der Waals surface area (Å²) in [6.07, 6.45) is -2.31. The monoisotopic (exact) mass is 1160 g/mol. The molecule has 0 aliphatic carbocycles. The first-order chi connectivity index (χ1) is 40.1. The zero-order chi connectivity index (χ0) is 59.6. The Kier molecular flexibility index (Phi) is 14.2. The number of carboxylic acid groups (broad SMARTS) is 1. The van der Waals surface area contributed by atoms with Gasteiger partial charge in [-0.1, -0.05) is 41.9 Å². The molecule has 25 nitrogen and oxygen atoms in total. The first-order valence-electron chi connectivity index (χ1n) is 25.2. The maximum atomic E-state index is 13.1. The number of aromatic hydroxyl groups is 6. The van der Waals surface area contributed by atoms with E-state index < -0.39 is 141 Å². The van der Waals surface area contributed by atoms with Gasteiger partial charge in [0.15, 0.2) is 53.2 Å². The lowest BCUT2D eigenvalue weighted by Gasteiger charge is -2.25. The molecule has 17 bridgehead atoms. The van der Waals surface area contributed by atoms with Crippen LogP contribution in [0.5, 0.6) is 69.0 Å². The van der Waals surface area contributed by atoms with Crippen molar-refractivity contribution in [3.05, 3.63) is 165 Å². The molecule has 0 spiro atoms. The minimum Gasteiger partial charge on any atom is -0.508 e. The number of aliphatic carboxylic acids is 1. The highest BCUT2D eigenvalue weighted by atomic mass is 35.5. The molecule has 0 amide bonds. The molecule has 0 fully saturated rings. The van der Waals surface area contributed by atoms with Crippen LogP contribution in [-0.2, 0) is 11.2 Å². The average molecular weight is 1160 g/mol. The molecule has 7 aromatic rings. The Morgan fingerprint density at radius 1 is 0.488 bits per heavy atom. The third kappa shape index (κ3) is 10.6. The fourth-order valence-corrected chi connectivity index (χ4v) is 10.1. The summed E-state index contributed by atoms with van der Waals surface area (Å²) in [6.45, 7) is 0. The molecule has 0 radical (unpaired) electrons. The number of aliphatic hydroxyl groups excluding tert-OH is 7. The minimum atomic E-state index is -2.23. The number of aliphatic imine (C=N–C) groups is 6. The summed E-state index contributed by atoms with van der Waals surface area (Å²) in [5, 5.41) is 163. The summed E-state index contributed by atoms with van der Waals surface area (Å²) in [5.74, 6) is -13.2. The lowest BCUT2D eigenvalue weighted by molar-refractivity contribution is -0.138. The van der Waals surface area contributed by atoms with Crippen LogP contribution in [0.2, 0.25) is 5.02 Å². The zero-order valence-electron chi connectivity index (χ0n) is 42.9. The summed E-state index contributed by atoms with van der Waals surface area (Å²) < 4.78 is 18.5. The van der Waals surface area contributed by atoms with Gasteiger partial charge in [-0.15, -0.1) is 0 Å². The van der Waals surface area contributed by atoms with Crippen LogP contribution in [0.3, 0.4) is 0 Å². The van der Waals surface area contributed by atoms with E-state index in [9.17, 15) is 76.3 Å². The van der Waals surface area contributed by atoms with Crippen molar-refractivity contribution in [2.24, 2.45) is 35.7 Å². The number of aliphatic hydroxyl groups is 7. The Bertz CT molecular complexity index is 4060. The molecule has 0 saturated carbocycles. The van der Waals surface area contributed by atoms with Crippen molar-refractivity contribution in [2.45, 2.75) is 54.8 Å². The number of nitrogens with zero attached hydrogens (tertiary/aromatic N) is 6. The fourth-order valence-electron chi connectivity index (χ4n) is 9.87. The molecule has 8 unspecified atom stereocenters. The number of phenols is 6. The largest absolute Gasteiger partial charge is 0.508 e. The molecule has 6 aliphatic heterocycles. The topological polar surface area (TPSA) is 428 Å². The first-order valence-corrected chi connectivity index (χ1v) is 25.6. The van der Waals surface area contributed by atoms with E-state index in [-0.39, 0.29) is 73.6 Å². The molecule has 0 saturated heterocycles. The Morgan fingerprint density at radius 2 is 1.08 bits per heavy atom. The second kappa shape index (κ2) is 21.6. The van der Waals surface area contributed by atoms with E-state index in [1.807, 2.05) is 0 Å². The van der Waals surface area contributed by atoms with Gasteiger partial charge in [0.1, 0.15) is 58.4 Å². The van der Waals surface area contributed by atoms with Crippen molar-refractivity contribution in [2.75, 3.05) is 0 Å². The quantitative estimate of drug-likeness (QED) is 0.0727. The number of rotatable bonds is 1. The Morgan fingerprint density at radius 3 is 1.79 bits per heavy atom. The van der Waals surface area contributed by atoms with Crippen LogP contribution in [0.1, 0.15) is 75.3 Å². The number of halogens is 1. The maximum Gasteiger partial charge on any atom is 0.333 e. The van der Waals surface area contributed by atoms with Crippen LogP contribution in [0.4, 0.5) is 0 Å². The molecule has 8 atom stereocenters. The van der Waals surface area contributed by atoms with Gasteiger partial charge in [-0.2, -0.15) is 0 Å². The van der Waals surface area contributed by atoms with Crippen LogP contribution in [-0.4, -0.2) is 125 Å². The van der Waals surface area contributed by atoms with E-state index in [1.165, 1.54) is 48.5 Å². The SMILES string of the molecule is NC1C(O)=NC2Cc3ccc(cc3)Oc3cc4cc(c3O)Oc3ccc(cc3Cl)C(O)C3N=C(O)C(N=C(O)C4N=C(O)C(N=C2O)c2cc(O)cc(c2)Oc2cc1ccc2O)c1ccc(O)c(c1)-c1c(O)cc(O)cc1C(C(=O)O)N=C3O. The van der Waals surface area contributed by atoms with Crippen molar-refractivity contribution in [1.82, 2.24) is 0 Å². The van der Waals surface area contributed by atoms with Gasteiger partial charge in [0.25, 0.3) is 0 Å². The number of phenolic OH excluding ortho intramolecular Hbond substituents is 6. The molecule has 6 aliphatic rings. The molecule has 26 heteroatoms. The molecule has 6 heterocycles.